The second-order valence-electron chi connectivity index (χ2n) is 8.50. The molecule has 2 aromatic heterocycles. The van der Waals surface area contributed by atoms with E-state index in [4.69, 9.17) is 0 Å². The molecular weight excluding hydrogens is 438 g/mol. The van der Waals surface area contributed by atoms with E-state index in [1.807, 2.05) is 19.9 Å². The van der Waals surface area contributed by atoms with Gasteiger partial charge >= 0.3 is 0 Å². The summed E-state index contributed by atoms with van der Waals surface area (Å²) in [6.45, 7) is 6.69. The summed E-state index contributed by atoms with van der Waals surface area (Å²) in [6, 6.07) is 10.4. The second kappa shape index (κ2) is 9.44. The molecule has 0 saturated carbocycles. The second-order valence-corrected chi connectivity index (χ2v) is 10.4. The van der Waals surface area contributed by atoms with Crippen LogP contribution in [0.2, 0.25) is 0 Å². The number of aromatic nitrogens is 3. The summed E-state index contributed by atoms with van der Waals surface area (Å²) in [5.41, 5.74) is 3.31. The normalized spacial score (nSPS) is 15.2. The lowest BCUT2D eigenvalue weighted by atomic mass is 10.2. The maximum atomic E-state index is 13.3. The molecule has 1 aliphatic heterocycles. The molecule has 1 aromatic carbocycles. The molecule has 1 aliphatic rings. The third kappa shape index (κ3) is 4.99. The van der Waals surface area contributed by atoms with Gasteiger partial charge in [-0.25, -0.2) is 18.1 Å². The Balaban J connectivity index is 1.53. The molecule has 8 nitrogen and oxygen atoms in total. The summed E-state index contributed by atoms with van der Waals surface area (Å²) in [7, 11) is -3.62. The number of hydrogen-bond donors (Lipinski definition) is 1. The van der Waals surface area contributed by atoms with Crippen molar-refractivity contribution in [1.82, 2.24) is 19.1 Å². The number of sulfonamides is 1. The Morgan fingerprint density at radius 3 is 2.30 bits per heavy atom. The van der Waals surface area contributed by atoms with Gasteiger partial charge in [-0.3, -0.25) is 4.79 Å². The molecule has 1 N–H and O–H groups in total. The number of aryl methyl sites for hydroxylation is 3. The number of anilines is 1. The van der Waals surface area contributed by atoms with Gasteiger partial charge in [-0.05, 0) is 69.5 Å². The quantitative estimate of drug-likeness (QED) is 0.611. The monoisotopic (exact) mass is 467 g/mol. The van der Waals surface area contributed by atoms with E-state index in [1.54, 1.807) is 46.2 Å². The number of nitrogens with zero attached hydrogens (tertiary/aromatic N) is 4. The van der Waals surface area contributed by atoms with Gasteiger partial charge in [-0.1, -0.05) is 18.9 Å². The maximum absolute atomic E-state index is 13.3. The van der Waals surface area contributed by atoms with Gasteiger partial charge in [0, 0.05) is 30.7 Å². The largest absolute Gasteiger partial charge is 0.322 e. The Kier molecular flexibility index (Phi) is 6.62. The number of nitrogens with one attached hydrogen (secondary N) is 1. The Bertz CT molecular complexity index is 1260. The third-order valence-electron chi connectivity index (χ3n) is 5.87. The Labute approximate surface area is 194 Å². The van der Waals surface area contributed by atoms with Gasteiger partial charge in [0.05, 0.1) is 16.2 Å². The minimum atomic E-state index is -3.62. The van der Waals surface area contributed by atoms with E-state index in [2.05, 4.69) is 15.4 Å². The van der Waals surface area contributed by atoms with E-state index in [0.29, 0.717) is 35.7 Å². The van der Waals surface area contributed by atoms with E-state index in [1.165, 1.54) is 6.20 Å². The Morgan fingerprint density at radius 1 is 0.970 bits per heavy atom. The molecule has 1 amide bonds. The fourth-order valence-corrected chi connectivity index (χ4v) is 5.85. The molecular formula is C24H29N5O3S. The molecule has 0 spiro atoms. The van der Waals surface area contributed by atoms with E-state index < -0.39 is 10.0 Å². The van der Waals surface area contributed by atoms with Crippen molar-refractivity contribution in [2.75, 3.05) is 18.4 Å². The van der Waals surface area contributed by atoms with Crippen LogP contribution in [-0.2, 0) is 10.0 Å². The van der Waals surface area contributed by atoms with Crippen LogP contribution in [-0.4, -0.2) is 46.5 Å². The lowest BCUT2D eigenvalue weighted by molar-refractivity contribution is 0.102. The average molecular weight is 468 g/mol. The van der Waals surface area contributed by atoms with Gasteiger partial charge in [-0.15, -0.1) is 0 Å². The van der Waals surface area contributed by atoms with Crippen molar-refractivity contribution in [3.63, 3.8) is 0 Å². The minimum absolute atomic E-state index is 0.236. The molecule has 0 bridgehead atoms. The van der Waals surface area contributed by atoms with Crippen molar-refractivity contribution in [2.45, 2.75) is 51.3 Å². The SMILES string of the molecule is Cc1cc(C)n(-c2ccc(C(=O)Nc3ccc(C)c(S(=O)(=O)N4CCCCCC4)c3)cn2)n1. The van der Waals surface area contributed by atoms with Crippen LogP contribution < -0.4 is 5.32 Å². The molecule has 0 radical (unpaired) electrons. The number of amides is 1. The van der Waals surface area contributed by atoms with E-state index in [-0.39, 0.29) is 10.8 Å². The minimum Gasteiger partial charge on any atom is -0.322 e. The molecule has 0 atom stereocenters. The van der Waals surface area contributed by atoms with Crippen LogP contribution in [0.5, 0.6) is 0 Å². The summed E-state index contributed by atoms with van der Waals surface area (Å²) in [5.74, 6) is 0.266. The van der Waals surface area contributed by atoms with Crippen LogP contribution in [0.1, 0.15) is 53.0 Å². The lowest BCUT2D eigenvalue weighted by Crippen LogP contribution is -2.32. The van der Waals surface area contributed by atoms with Crippen molar-refractivity contribution in [3.05, 3.63) is 65.1 Å². The van der Waals surface area contributed by atoms with Gasteiger partial charge in [0.15, 0.2) is 5.82 Å². The molecule has 0 aliphatic carbocycles. The van der Waals surface area contributed by atoms with Crippen LogP contribution in [0.3, 0.4) is 0 Å². The Morgan fingerprint density at radius 2 is 1.70 bits per heavy atom. The van der Waals surface area contributed by atoms with Crippen LogP contribution in [0, 0.1) is 20.8 Å². The van der Waals surface area contributed by atoms with Gasteiger partial charge in [0.1, 0.15) is 0 Å². The summed E-state index contributed by atoms with van der Waals surface area (Å²) in [5, 5.41) is 7.20. The summed E-state index contributed by atoms with van der Waals surface area (Å²) >= 11 is 0. The van der Waals surface area contributed by atoms with Gasteiger partial charge in [-0.2, -0.15) is 9.40 Å². The number of carbonyl (C=O) groups is 1. The molecule has 4 rings (SSSR count). The topological polar surface area (TPSA) is 97.2 Å². The first-order valence-corrected chi connectivity index (χ1v) is 12.6. The third-order valence-corrected chi connectivity index (χ3v) is 7.91. The first-order chi connectivity index (χ1) is 15.8. The number of rotatable bonds is 5. The van der Waals surface area contributed by atoms with Gasteiger partial charge < -0.3 is 5.32 Å². The molecule has 33 heavy (non-hydrogen) atoms. The fourth-order valence-electron chi connectivity index (χ4n) is 4.09. The van der Waals surface area contributed by atoms with E-state index in [0.717, 1.165) is 37.1 Å². The molecule has 0 unspecified atom stereocenters. The van der Waals surface area contributed by atoms with Crippen LogP contribution in [0.25, 0.3) is 5.82 Å². The molecule has 3 aromatic rings. The van der Waals surface area contributed by atoms with E-state index >= 15 is 0 Å². The highest BCUT2D eigenvalue weighted by atomic mass is 32.2. The van der Waals surface area contributed by atoms with Crippen LogP contribution in [0.15, 0.2) is 47.5 Å². The highest BCUT2D eigenvalue weighted by Gasteiger charge is 2.27. The molecule has 3 heterocycles. The van der Waals surface area contributed by atoms with Crippen molar-refractivity contribution in [1.29, 1.82) is 0 Å². The smallest absolute Gasteiger partial charge is 0.257 e. The zero-order chi connectivity index (χ0) is 23.6. The van der Waals surface area contributed by atoms with Gasteiger partial charge in [0.25, 0.3) is 5.91 Å². The summed E-state index contributed by atoms with van der Waals surface area (Å²) < 4.78 is 29.8. The predicted molar refractivity (Wildman–Crippen MR) is 127 cm³/mol. The number of hydrogen-bond acceptors (Lipinski definition) is 5. The zero-order valence-electron chi connectivity index (χ0n) is 19.2. The van der Waals surface area contributed by atoms with Gasteiger partial charge in [0.2, 0.25) is 10.0 Å². The average Bonchev–Trinajstić information content (AvgIpc) is 2.97. The molecule has 1 saturated heterocycles. The first kappa shape index (κ1) is 23.1. The molecule has 1 fully saturated rings. The molecule has 9 heteroatoms. The zero-order valence-corrected chi connectivity index (χ0v) is 20.0. The highest BCUT2D eigenvalue weighted by Crippen LogP contribution is 2.26. The van der Waals surface area contributed by atoms with Crippen molar-refractivity contribution < 1.29 is 13.2 Å². The maximum Gasteiger partial charge on any atom is 0.257 e. The van der Waals surface area contributed by atoms with Crippen LogP contribution >= 0.6 is 0 Å². The van der Waals surface area contributed by atoms with Crippen molar-refractivity contribution in [3.8, 4) is 5.82 Å². The standard InChI is InChI=1S/C24H29N5O3S/c1-17-8-10-21(15-22(17)33(31,32)28-12-6-4-5-7-13-28)26-24(30)20-9-11-23(25-16-20)29-19(3)14-18(2)27-29/h8-11,14-16H,4-7,12-13H2,1-3H3,(H,26,30). The fraction of sp³-hybridized carbons (Fsp3) is 0.375. The molecule has 174 valence electrons. The first-order valence-electron chi connectivity index (χ1n) is 11.2. The van der Waals surface area contributed by atoms with Crippen molar-refractivity contribution >= 4 is 21.6 Å². The number of benzene rings is 1. The van der Waals surface area contributed by atoms with E-state index in [9.17, 15) is 13.2 Å². The lowest BCUT2D eigenvalue weighted by Gasteiger charge is -2.21. The number of pyridine rings is 1. The van der Waals surface area contributed by atoms with Crippen molar-refractivity contribution in [2.24, 2.45) is 0 Å². The summed E-state index contributed by atoms with van der Waals surface area (Å²) in [6.07, 6.45) is 5.33. The summed E-state index contributed by atoms with van der Waals surface area (Å²) in [4.78, 5) is 17.4. The number of carbonyl (C=O) groups excluding carboxylic acids is 1. The Hall–Kier alpha value is -3.04. The van der Waals surface area contributed by atoms with Crippen LogP contribution in [0.4, 0.5) is 5.69 Å². The predicted octanol–water partition coefficient (Wildman–Crippen LogP) is 4.01. The highest BCUT2D eigenvalue weighted by molar-refractivity contribution is 7.89.